The highest BCUT2D eigenvalue weighted by Gasteiger charge is 2.38. The Morgan fingerprint density at radius 1 is 1.10 bits per heavy atom. The number of aliphatic imine (C=N–C) groups is 1. The van der Waals surface area contributed by atoms with Gasteiger partial charge in [-0.2, -0.15) is 0 Å². The number of hydrogen-bond acceptors (Lipinski definition) is 4. The topological polar surface area (TPSA) is 58.1 Å². The number of benzene rings is 1. The summed E-state index contributed by atoms with van der Waals surface area (Å²) in [5, 5.41) is 7.11. The predicted octanol–water partition coefficient (Wildman–Crippen LogP) is 3.15. The monoisotopic (exact) mass is 516 g/mol. The molecule has 1 aromatic rings. The van der Waals surface area contributed by atoms with E-state index >= 15 is 0 Å². The highest BCUT2D eigenvalue weighted by Crippen LogP contribution is 2.33. The summed E-state index contributed by atoms with van der Waals surface area (Å²) in [6.45, 7) is 6.09. The van der Waals surface area contributed by atoms with Gasteiger partial charge in [-0.15, -0.1) is 24.0 Å². The fraction of sp³-hybridized carbons (Fsp3) is 0.682. The van der Waals surface area contributed by atoms with E-state index in [4.69, 9.17) is 9.47 Å². The molecule has 3 rings (SSSR count). The molecule has 1 saturated carbocycles. The van der Waals surface area contributed by atoms with Crippen LogP contribution in [0.3, 0.4) is 0 Å². The van der Waals surface area contributed by atoms with Crippen molar-refractivity contribution < 1.29 is 9.47 Å². The van der Waals surface area contributed by atoms with E-state index in [-0.39, 0.29) is 29.5 Å². The van der Waals surface area contributed by atoms with Crippen LogP contribution in [0.1, 0.15) is 43.2 Å². The molecule has 0 amide bonds. The maximum atomic E-state index is 5.59. The van der Waals surface area contributed by atoms with Crippen LogP contribution in [-0.4, -0.2) is 63.4 Å². The van der Waals surface area contributed by atoms with Crippen LogP contribution in [0.2, 0.25) is 0 Å². The molecule has 2 aliphatic rings. The molecular weight excluding hydrogens is 479 g/mol. The molecule has 6 nitrogen and oxygen atoms in total. The summed E-state index contributed by atoms with van der Waals surface area (Å²) >= 11 is 0. The SMILES string of the molecule is CN=C(NCc1ccccc1COC)NCC1(N2CCOCC2)CCCCC1.I. The molecule has 1 aliphatic heterocycles. The Labute approximate surface area is 192 Å². The van der Waals surface area contributed by atoms with Crippen LogP contribution in [-0.2, 0) is 22.6 Å². The van der Waals surface area contributed by atoms with Crippen LogP contribution >= 0.6 is 24.0 Å². The minimum absolute atomic E-state index is 0. The van der Waals surface area contributed by atoms with Crippen molar-refractivity contribution >= 4 is 29.9 Å². The number of hydrogen-bond donors (Lipinski definition) is 2. The first-order chi connectivity index (χ1) is 13.8. The Kier molecular flexibility index (Phi) is 10.7. The Bertz CT molecular complexity index is 629. The number of ether oxygens (including phenoxy) is 2. The Hall–Kier alpha value is -0.900. The van der Waals surface area contributed by atoms with E-state index in [1.54, 1.807) is 7.11 Å². The van der Waals surface area contributed by atoms with Crippen LogP contribution in [0.15, 0.2) is 29.3 Å². The van der Waals surface area contributed by atoms with Gasteiger partial charge in [0.15, 0.2) is 5.96 Å². The highest BCUT2D eigenvalue weighted by molar-refractivity contribution is 14.0. The van der Waals surface area contributed by atoms with Gasteiger partial charge in [-0.3, -0.25) is 9.89 Å². The first-order valence-corrected chi connectivity index (χ1v) is 10.6. The van der Waals surface area contributed by atoms with Crippen molar-refractivity contribution in [1.82, 2.24) is 15.5 Å². The summed E-state index contributed by atoms with van der Waals surface area (Å²) in [5.74, 6) is 0.866. The van der Waals surface area contributed by atoms with Crippen molar-refractivity contribution in [3.05, 3.63) is 35.4 Å². The predicted molar refractivity (Wildman–Crippen MR) is 129 cm³/mol. The second kappa shape index (κ2) is 12.7. The largest absolute Gasteiger partial charge is 0.380 e. The molecule has 0 unspecified atom stereocenters. The van der Waals surface area contributed by atoms with Gasteiger partial charge in [0.2, 0.25) is 0 Å². The van der Waals surface area contributed by atoms with Gasteiger partial charge in [0.05, 0.1) is 19.8 Å². The maximum absolute atomic E-state index is 5.59. The lowest BCUT2D eigenvalue weighted by atomic mass is 9.80. The minimum atomic E-state index is 0. The number of rotatable bonds is 7. The molecule has 2 fully saturated rings. The van der Waals surface area contributed by atoms with Crippen LogP contribution in [0.5, 0.6) is 0 Å². The van der Waals surface area contributed by atoms with Crippen molar-refractivity contribution in [2.45, 2.75) is 50.8 Å². The minimum Gasteiger partial charge on any atom is -0.380 e. The van der Waals surface area contributed by atoms with E-state index in [0.717, 1.165) is 45.4 Å². The number of guanidine groups is 1. The molecule has 1 aromatic carbocycles. The number of morpholine rings is 1. The molecule has 1 saturated heterocycles. The Morgan fingerprint density at radius 3 is 2.45 bits per heavy atom. The normalized spacial score (nSPS) is 20.0. The van der Waals surface area contributed by atoms with E-state index < -0.39 is 0 Å². The van der Waals surface area contributed by atoms with E-state index in [0.29, 0.717) is 6.61 Å². The van der Waals surface area contributed by atoms with E-state index in [1.807, 2.05) is 7.05 Å². The van der Waals surface area contributed by atoms with Crippen LogP contribution in [0, 0.1) is 0 Å². The first-order valence-electron chi connectivity index (χ1n) is 10.6. The lowest BCUT2D eigenvalue weighted by molar-refractivity contribution is -0.0352. The van der Waals surface area contributed by atoms with Gasteiger partial charge in [0.25, 0.3) is 0 Å². The average molecular weight is 516 g/mol. The summed E-state index contributed by atoms with van der Waals surface area (Å²) in [4.78, 5) is 7.12. The second-order valence-corrected chi connectivity index (χ2v) is 7.87. The third kappa shape index (κ3) is 6.80. The zero-order chi connectivity index (χ0) is 19.7. The van der Waals surface area contributed by atoms with Crippen molar-refractivity contribution in [2.75, 3.05) is 47.0 Å². The summed E-state index contributed by atoms with van der Waals surface area (Å²) < 4.78 is 10.9. The first kappa shape index (κ1) is 24.4. The van der Waals surface area contributed by atoms with Gasteiger partial charge in [-0.25, -0.2) is 0 Å². The van der Waals surface area contributed by atoms with E-state index in [2.05, 4.69) is 44.8 Å². The molecule has 1 heterocycles. The summed E-state index contributed by atoms with van der Waals surface area (Å²) in [6, 6.07) is 8.39. The van der Waals surface area contributed by atoms with Crippen molar-refractivity contribution in [1.29, 1.82) is 0 Å². The third-order valence-electron chi connectivity index (χ3n) is 6.14. The Morgan fingerprint density at radius 2 is 1.79 bits per heavy atom. The number of methoxy groups -OCH3 is 1. The summed E-state index contributed by atoms with van der Waals surface area (Å²) in [5.41, 5.74) is 2.69. The molecule has 7 heteroatoms. The molecule has 0 bridgehead atoms. The molecule has 29 heavy (non-hydrogen) atoms. The fourth-order valence-electron chi connectivity index (χ4n) is 4.53. The number of halogens is 1. The summed E-state index contributed by atoms with van der Waals surface area (Å²) in [7, 11) is 3.58. The molecule has 0 atom stereocenters. The van der Waals surface area contributed by atoms with E-state index in [1.165, 1.54) is 43.2 Å². The molecule has 0 aromatic heterocycles. The molecule has 0 spiro atoms. The van der Waals surface area contributed by atoms with Crippen LogP contribution < -0.4 is 10.6 Å². The molecule has 2 N–H and O–H groups in total. The standard InChI is InChI=1S/C22H36N4O2.HI/c1-23-21(24-16-19-8-4-5-9-20(19)17-27-2)25-18-22(10-6-3-7-11-22)26-12-14-28-15-13-26;/h4-5,8-9H,3,6-7,10-18H2,1-2H3,(H2,23,24,25);1H. The van der Waals surface area contributed by atoms with Gasteiger partial charge in [0.1, 0.15) is 0 Å². The fourth-order valence-corrected chi connectivity index (χ4v) is 4.53. The highest BCUT2D eigenvalue weighted by atomic mass is 127. The molecule has 0 radical (unpaired) electrons. The maximum Gasteiger partial charge on any atom is 0.191 e. The zero-order valence-corrected chi connectivity index (χ0v) is 20.2. The van der Waals surface area contributed by atoms with Gasteiger partial charge in [0, 0.05) is 45.9 Å². The quantitative estimate of drug-likeness (QED) is 0.332. The van der Waals surface area contributed by atoms with E-state index in [9.17, 15) is 0 Å². The Balaban J connectivity index is 0.00000300. The van der Waals surface area contributed by atoms with Crippen LogP contribution in [0.25, 0.3) is 0 Å². The van der Waals surface area contributed by atoms with Gasteiger partial charge in [-0.1, -0.05) is 43.5 Å². The van der Waals surface area contributed by atoms with Crippen LogP contribution in [0.4, 0.5) is 0 Å². The molecule has 1 aliphatic carbocycles. The zero-order valence-electron chi connectivity index (χ0n) is 17.9. The molecular formula is C22H37IN4O2. The average Bonchev–Trinajstić information content (AvgIpc) is 2.76. The second-order valence-electron chi connectivity index (χ2n) is 7.87. The smallest absolute Gasteiger partial charge is 0.191 e. The number of nitrogens with zero attached hydrogens (tertiary/aromatic N) is 2. The van der Waals surface area contributed by atoms with Crippen molar-refractivity contribution in [2.24, 2.45) is 4.99 Å². The lowest BCUT2D eigenvalue weighted by Crippen LogP contribution is -2.60. The van der Waals surface area contributed by atoms with Gasteiger partial charge < -0.3 is 20.1 Å². The van der Waals surface area contributed by atoms with Crippen molar-refractivity contribution in [3.8, 4) is 0 Å². The summed E-state index contributed by atoms with van der Waals surface area (Å²) in [6.07, 6.45) is 6.50. The molecule has 164 valence electrons. The van der Waals surface area contributed by atoms with Gasteiger partial charge >= 0.3 is 0 Å². The van der Waals surface area contributed by atoms with Gasteiger partial charge in [-0.05, 0) is 24.0 Å². The third-order valence-corrected chi connectivity index (χ3v) is 6.14. The van der Waals surface area contributed by atoms with Crippen molar-refractivity contribution in [3.63, 3.8) is 0 Å². The number of nitrogens with one attached hydrogen (secondary N) is 2. The lowest BCUT2D eigenvalue weighted by Gasteiger charge is -2.48.